The third-order valence-electron chi connectivity index (χ3n) is 2.94. The topological polar surface area (TPSA) is 35.2 Å². The van der Waals surface area contributed by atoms with Crippen LogP contribution in [0.1, 0.15) is 56.9 Å². The summed E-state index contributed by atoms with van der Waals surface area (Å²) in [6.45, 7) is 4.96. The monoisotopic (exact) mass is 255 g/mol. The van der Waals surface area contributed by atoms with E-state index < -0.39 is 0 Å². The minimum Gasteiger partial charge on any atom is -0.368 e. The van der Waals surface area contributed by atoms with Crippen LogP contribution in [0.3, 0.4) is 0 Å². The standard InChI is InChI=1S/C14H25NOS/c1-3-4-5-6-8-12(2)16-13(11-15)14-9-7-10-17-14/h7,9-10,12-13H,3-6,8,11,15H2,1-2H3. The van der Waals surface area contributed by atoms with Gasteiger partial charge in [0.25, 0.3) is 0 Å². The highest BCUT2D eigenvalue weighted by molar-refractivity contribution is 7.10. The Morgan fingerprint density at radius 2 is 2.18 bits per heavy atom. The zero-order valence-electron chi connectivity index (χ0n) is 11.0. The van der Waals surface area contributed by atoms with E-state index in [0.717, 1.165) is 6.42 Å². The molecule has 1 aromatic heterocycles. The molecule has 2 atom stereocenters. The summed E-state index contributed by atoms with van der Waals surface area (Å²) in [4.78, 5) is 1.24. The molecule has 17 heavy (non-hydrogen) atoms. The molecule has 1 aromatic rings. The van der Waals surface area contributed by atoms with E-state index in [4.69, 9.17) is 10.5 Å². The van der Waals surface area contributed by atoms with Crippen LogP contribution in [-0.2, 0) is 4.74 Å². The van der Waals surface area contributed by atoms with Gasteiger partial charge >= 0.3 is 0 Å². The number of nitrogens with two attached hydrogens (primary N) is 1. The SMILES string of the molecule is CCCCCCC(C)OC(CN)c1cccs1. The van der Waals surface area contributed by atoms with E-state index in [2.05, 4.69) is 31.4 Å². The highest BCUT2D eigenvalue weighted by Gasteiger charge is 2.14. The van der Waals surface area contributed by atoms with Gasteiger partial charge in [-0.2, -0.15) is 0 Å². The van der Waals surface area contributed by atoms with E-state index in [-0.39, 0.29) is 6.10 Å². The van der Waals surface area contributed by atoms with Gasteiger partial charge in [0.05, 0.1) is 6.10 Å². The van der Waals surface area contributed by atoms with Crippen molar-refractivity contribution in [1.82, 2.24) is 0 Å². The van der Waals surface area contributed by atoms with Crippen molar-refractivity contribution in [2.75, 3.05) is 6.54 Å². The van der Waals surface area contributed by atoms with Crippen LogP contribution in [0.15, 0.2) is 17.5 Å². The average molecular weight is 255 g/mol. The van der Waals surface area contributed by atoms with Crippen LogP contribution in [0, 0.1) is 0 Å². The molecule has 2 unspecified atom stereocenters. The molecular formula is C14H25NOS. The van der Waals surface area contributed by atoms with Gasteiger partial charge in [-0.1, -0.05) is 38.7 Å². The number of hydrogen-bond donors (Lipinski definition) is 1. The minimum absolute atomic E-state index is 0.0798. The second kappa shape index (κ2) is 8.67. The first kappa shape index (κ1) is 14.7. The van der Waals surface area contributed by atoms with Gasteiger partial charge in [0.1, 0.15) is 6.10 Å². The van der Waals surface area contributed by atoms with Crippen molar-refractivity contribution in [2.45, 2.75) is 58.2 Å². The first-order valence-corrected chi connectivity index (χ1v) is 7.54. The summed E-state index contributed by atoms with van der Waals surface area (Å²) in [5, 5.41) is 2.08. The van der Waals surface area contributed by atoms with Gasteiger partial charge in [-0.3, -0.25) is 0 Å². The normalized spacial score (nSPS) is 14.8. The van der Waals surface area contributed by atoms with Crippen LogP contribution in [-0.4, -0.2) is 12.6 Å². The Morgan fingerprint density at radius 3 is 2.76 bits per heavy atom. The van der Waals surface area contributed by atoms with Gasteiger partial charge in [-0.05, 0) is 24.8 Å². The van der Waals surface area contributed by atoms with E-state index in [1.54, 1.807) is 11.3 Å². The summed E-state index contributed by atoms with van der Waals surface area (Å²) in [6, 6.07) is 4.16. The molecule has 1 rings (SSSR count). The Bertz CT molecular complexity index is 274. The molecule has 0 saturated heterocycles. The zero-order valence-corrected chi connectivity index (χ0v) is 11.8. The Kier molecular flexibility index (Phi) is 7.49. The van der Waals surface area contributed by atoms with Gasteiger partial charge < -0.3 is 10.5 Å². The molecule has 98 valence electrons. The van der Waals surface area contributed by atoms with E-state index in [9.17, 15) is 0 Å². The Hall–Kier alpha value is -0.380. The lowest BCUT2D eigenvalue weighted by atomic mass is 10.1. The summed E-state index contributed by atoms with van der Waals surface area (Å²) >= 11 is 1.72. The summed E-state index contributed by atoms with van der Waals surface area (Å²) in [6.07, 6.45) is 6.72. The van der Waals surface area contributed by atoms with Crippen LogP contribution in [0.25, 0.3) is 0 Å². The third-order valence-corrected chi connectivity index (χ3v) is 3.90. The summed E-state index contributed by atoms with van der Waals surface area (Å²) in [5.41, 5.74) is 5.77. The van der Waals surface area contributed by atoms with Crippen molar-refractivity contribution in [1.29, 1.82) is 0 Å². The van der Waals surface area contributed by atoms with Crippen LogP contribution in [0.4, 0.5) is 0 Å². The van der Waals surface area contributed by atoms with Crippen molar-refractivity contribution >= 4 is 11.3 Å². The number of thiophene rings is 1. The van der Waals surface area contributed by atoms with E-state index in [1.165, 1.54) is 30.6 Å². The Balaban J connectivity index is 2.26. The van der Waals surface area contributed by atoms with Gasteiger partial charge in [0.15, 0.2) is 0 Å². The van der Waals surface area contributed by atoms with Crippen molar-refractivity contribution < 1.29 is 4.74 Å². The molecule has 0 aliphatic heterocycles. The van der Waals surface area contributed by atoms with Gasteiger partial charge in [-0.25, -0.2) is 0 Å². The predicted octanol–water partition coefficient (Wildman–Crippen LogP) is 4.12. The molecule has 0 spiro atoms. The molecular weight excluding hydrogens is 230 g/mol. The molecule has 0 amide bonds. The maximum Gasteiger partial charge on any atom is 0.104 e. The molecule has 0 saturated carbocycles. The highest BCUT2D eigenvalue weighted by atomic mass is 32.1. The maximum absolute atomic E-state index is 6.01. The fourth-order valence-electron chi connectivity index (χ4n) is 1.92. The largest absolute Gasteiger partial charge is 0.368 e. The fraction of sp³-hybridized carbons (Fsp3) is 0.714. The number of ether oxygens (including phenoxy) is 1. The molecule has 3 heteroatoms. The first-order chi connectivity index (χ1) is 8.27. The average Bonchev–Trinajstić information content (AvgIpc) is 2.85. The van der Waals surface area contributed by atoms with E-state index in [0.29, 0.717) is 12.6 Å². The summed E-state index contributed by atoms with van der Waals surface area (Å²) in [7, 11) is 0. The molecule has 2 N–H and O–H groups in total. The molecule has 1 heterocycles. The molecule has 0 aliphatic rings. The van der Waals surface area contributed by atoms with Gasteiger partial charge in [-0.15, -0.1) is 11.3 Å². The second-order valence-electron chi connectivity index (χ2n) is 4.54. The molecule has 0 fully saturated rings. The molecule has 0 radical (unpaired) electrons. The first-order valence-electron chi connectivity index (χ1n) is 6.66. The number of hydrogen-bond acceptors (Lipinski definition) is 3. The van der Waals surface area contributed by atoms with E-state index in [1.807, 2.05) is 0 Å². The summed E-state index contributed by atoms with van der Waals surface area (Å²) in [5.74, 6) is 0. The molecule has 0 aromatic carbocycles. The van der Waals surface area contributed by atoms with Crippen LogP contribution >= 0.6 is 11.3 Å². The van der Waals surface area contributed by atoms with E-state index >= 15 is 0 Å². The molecule has 2 nitrogen and oxygen atoms in total. The van der Waals surface area contributed by atoms with Crippen molar-refractivity contribution in [3.8, 4) is 0 Å². The van der Waals surface area contributed by atoms with Crippen molar-refractivity contribution in [2.24, 2.45) is 5.73 Å². The van der Waals surface area contributed by atoms with Crippen molar-refractivity contribution in [3.63, 3.8) is 0 Å². The summed E-state index contributed by atoms with van der Waals surface area (Å²) < 4.78 is 6.01. The number of unbranched alkanes of at least 4 members (excludes halogenated alkanes) is 3. The second-order valence-corrected chi connectivity index (χ2v) is 5.52. The zero-order chi connectivity index (χ0) is 12.5. The Labute approximate surface area is 109 Å². The third kappa shape index (κ3) is 5.66. The van der Waals surface area contributed by atoms with Gasteiger partial charge in [0, 0.05) is 11.4 Å². The van der Waals surface area contributed by atoms with Crippen LogP contribution < -0.4 is 5.73 Å². The molecule has 0 bridgehead atoms. The van der Waals surface area contributed by atoms with Crippen molar-refractivity contribution in [3.05, 3.63) is 22.4 Å². The van der Waals surface area contributed by atoms with Crippen LogP contribution in [0.2, 0.25) is 0 Å². The quantitative estimate of drug-likeness (QED) is 0.674. The maximum atomic E-state index is 6.01. The van der Waals surface area contributed by atoms with Crippen LogP contribution in [0.5, 0.6) is 0 Å². The smallest absolute Gasteiger partial charge is 0.104 e. The Morgan fingerprint density at radius 1 is 1.35 bits per heavy atom. The predicted molar refractivity (Wildman–Crippen MR) is 75.4 cm³/mol. The lowest BCUT2D eigenvalue weighted by Crippen LogP contribution is -2.20. The molecule has 0 aliphatic carbocycles. The van der Waals surface area contributed by atoms with Gasteiger partial charge in [0.2, 0.25) is 0 Å². The fourth-order valence-corrected chi connectivity index (χ4v) is 2.70. The highest BCUT2D eigenvalue weighted by Crippen LogP contribution is 2.24. The lowest BCUT2D eigenvalue weighted by Gasteiger charge is -2.20. The lowest BCUT2D eigenvalue weighted by molar-refractivity contribution is -0.00186. The minimum atomic E-state index is 0.0798. The number of rotatable bonds is 9.